The van der Waals surface area contributed by atoms with Crippen LogP contribution < -0.4 is 14.8 Å². The van der Waals surface area contributed by atoms with Crippen molar-refractivity contribution in [2.75, 3.05) is 31.6 Å². The second kappa shape index (κ2) is 7.92. The summed E-state index contributed by atoms with van der Waals surface area (Å²) in [6.07, 6.45) is 3.74. The Morgan fingerprint density at radius 3 is 2.57 bits per heavy atom. The van der Waals surface area contributed by atoms with E-state index in [2.05, 4.69) is 15.3 Å². The number of anilines is 1. The Morgan fingerprint density at radius 2 is 1.82 bits per heavy atom. The summed E-state index contributed by atoms with van der Waals surface area (Å²) in [5, 5.41) is 3.37. The minimum Gasteiger partial charge on any atom is -0.490 e. The molecule has 0 saturated carbocycles. The minimum absolute atomic E-state index is 0.185. The lowest BCUT2D eigenvalue weighted by atomic mass is 10.1. The van der Waals surface area contributed by atoms with Crippen molar-refractivity contribution in [3.63, 3.8) is 0 Å². The number of aryl methyl sites for hydroxylation is 1. The Hall–Kier alpha value is -2.39. The van der Waals surface area contributed by atoms with E-state index in [9.17, 15) is 8.42 Å². The summed E-state index contributed by atoms with van der Waals surface area (Å²) >= 11 is 0. The molecule has 1 saturated heterocycles. The first-order valence-electron chi connectivity index (χ1n) is 9.47. The van der Waals surface area contributed by atoms with Crippen LogP contribution in [0.2, 0.25) is 0 Å². The fraction of sp³-hybridized carbons (Fsp3) is 0.474. The topological polar surface area (TPSA) is 93.7 Å². The number of benzene rings is 1. The van der Waals surface area contributed by atoms with Crippen molar-refractivity contribution >= 4 is 15.8 Å². The second-order valence-electron chi connectivity index (χ2n) is 7.03. The van der Waals surface area contributed by atoms with Crippen LogP contribution in [0.5, 0.6) is 11.5 Å². The number of rotatable bonds is 4. The lowest BCUT2D eigenvalue weighted by Gasteiger charge is -2.32. The molecule has 0 unspecified atom stereocenters. The van der Waals surface area contributed by atoms with Crippen LogP contribution in [0.1, 0.15) is 25.0 Å². The number of sulfonamides is 1. The van der Waals surface area contributed by atoms with Crippen LogP contribution >= 0.6 is 0 Å². The zero-order valence-corrected chi connectivity index (χ0v) is 16.6. The molecule has 0 aliphatic carbocycles. The Bertz CT molecular complexity index is 943. The number of ether oxygens (including phenoxy) is 2. The first-order valence-corrected chi connectivity index (χ1v) is 10.9. The molecule has 1 aromatic heterocycles. The van der Waals surface area contributed by atoms with E-state index in [1.54, 1.807) is 18.2 Å². The predicted molar refractivity (Wildman–Crippen MR) is 104 cm³/mol. The van der Waals surface area contributed by atoms with Gasteiger partial charge in [-0.3, -0.25) is 0 Å². The molecule has 8 nitrogen and oxygen atoms in total. The predicted octanol–water partition coefficient (Wildman–Crippen LogP) is 2.21. The summed E-state index contributed by atoms with van der Waals surface area (Å²) in [5.41, 5.74) is 0.895. The maximum atomic E-state index is 13.1. The monoisotopic (exact) mass is 404 g/mol. The number of hydrogen-bond acceptors (Lipinski definition) is 7. The van der Waals surface area contributed by atoms with Crippen LogP contribution in [-0.2, 0) is 10.0 Å². The third-order valence-electron chi connectivity index (χ3n) is 4.97. The third kappa shape index (κ3) is 4.05. The molecule has 150 valence electrons. The van der Waals surface area contributed by atoms with E-state index >= 15 is 0 Å². The van der Waals surface area contributed by atoms with Gasteiger partial charge < -0.3 is 14.8 Å². The van der Waals surface area contributed by atoms with Crippen LogP contribution in [0.15, 0.2) is 35.5 Å². The molecule has 2 aliphatic rings. The van der Waals surface area contributed by atoms with Gasteiger partial charge in [0.15, 0.2) is 11.5 Å². The molecule has 0 amide bonds. The zero-order chi connectivity index (χ0) is 19.6. The van der Waals surface area contributed by atoms with Crippen molar-refractivity contribution in [3.8, 4) is 11.5 Å². The molecule has 3 heterocycles. The number of aromatic nitrogens is 2. The van der Waals surface area contributed by atoms with Crippen LogP contribution in [0, 0.1) is 6.92 Å². The van der Waals surface area contributed by atoms with Crippen LogP contribution in [0.3, 0.4) is 0 Å². The minimum atomic E-state index is -3.57. The smallest absolute Gasteiger partial charge is 0.243 e. The Balaban J connectivity index is 1.43. The summed E-state index contributed by atoms with van der Waals surface area (Å²) in [6, 6.07) is 6.92. The highest BCUT2D eigenvalue weighted by atomic mass is 32.2. The van der Waals surface area contributed by atoms with Gasteiger partial charge in [-0.15, -0.1) is 0 Å². The van der Waals surface area contributed by atoms with Crippen molar-refractivity contribution in [2.45, 2.75) is 37.1 Å². The van der Waals surface area contributed by atoms with Crippen LogP contribution in [0.4, 0.5) is 5.82 Å². The summed E-state index contributed by atoms with van der Waals surface area (Å²) in [7, 11) is -3.57. The molecule has 0 bridgehead atoms. The Morgan fingerprint density at radius 1 is 1.07 bits per heavy atom. The largest absolute Gasteiger partial charge is 0.490 e. The number of piperidine rings is 1. The highest BCUT2D eigenvalue weighted by Crippen LogP contribution is 2.33. The molecule has 0 atom stereocenters. The summed E-state index contributed by atoms with van der Waals surface area (Å²) < 4.78 is 38.9. The fourth-order valence-electron chi connectivity index (χ4n) is 3.44. The summed E-state index contributed by atoms with van der Waals surface area (Å²) in [4.78, 5) is 8.55. The normalized spacial score (nSPS) is 18.5. The molecule has 1 fully saturated rings. The number of nitrogens with one attached hydrogen (secondary N) is 1. The van der Waals surface area contributed by atoms with E-state index in [0.717, 1.165) is 17.9 Å². The molecular weight excluding hydrogens is 380 g/mol. The second-order valence-corrected chi connectivity index (χ2v) is 8.96. The zero-order valence-electron chi connectivity index (χ0n) is 15.8. The molecule has 0 radical (unpaired) electrons. The Labute approximate surface area is 164 Å². The summed E-state index contributed by atoms with van der Waals surface area (Å²) in [5.74, 6) is 1.87. The third-order valence-corrected chi connectivity index (χ3v) is 6.86. The van der Waals surface area contributed by atoms with Gasteiger partial charge in [-0.1, -0.05) is 0 Å². The maximum Gasteiger partial charge on any atom is 0.243 e. The first kappa shape index (κ1) is 18.9. The highest BCUT2D eigenvalue weighted by Gasteiger charge is 2.30. The van der Waals surface area contributed by atoms with Crippen molar-refractivity contribution in [1.82, 2.24) is 14.3 Å². The fourth-order valence-corrected chi connectivity index (χ4v) is 4.92. The lowest BCUT2D eigenvalue weighted by molar-refractivity contribution is 0.296. The SMILES string of the molecule is Cc1cc(NC2CCN(S(=O)(=O)c3ccc4c(c3)OCCCO4)CC2)ncn1. The molecular formula is C19H24N4O4S. The maximum absolute atomic E-state index is 13.1. The van der Waals surface area contributed by atoms with Crippen molar-refractivity contribution in [1.29, 1.82) is 0 Å². The molecule has 9 heteroatoms. The molecule has 28 heavy (non-hydrogen) atoms. The van der Waals surface area contributed by atoms with Gasteiger partial charge in [-0.05, 0) is 31.9 Å². The molecule has 4 rings (SSSR count). The van der Waals surface area contributed by atoms with E-state index in [0.29, 0.717) is 50.6 Å². The molecule has 2 aromatic rings. The van der Waals surface area contributed by atoms with E-state index in [1.165, 1.54) is 10.6 Å². The van der Waals surface area contributed by atoms with Crippen molar-refractivity contribution < 1.29 is 17.9 Å². The van der Waals surface area contributed by atoms with E-state index in [4.69, 9.17) is 9.47 Å². The van der Waals surface area contributed by atoms with Crippen LogP contribution in [0.25, 0.3) is 0 Å². The van der Waals surface area contributed by atoms with Crippen LogP contribution in [-0.4, -0.2) is 55.0 Å². The van der Waals surface area contributed by atoms with Crippen molar-refractivity contribution in [3.05, 3.63) is 36.3 Å². The Kier molecular flexibility index (Phi) is 5.36. The quantitative estimate of drug-likeness (QED) is 0.835. The highest BCUT2D eigenvalue weighted by molar-refractivity contribution is 7.89. The number of hydrogen-bond donors (Lipinski definition) is 1. The summed E-state index contributed by atoms with van der Waals surface area (Å²) in [6.45, 7) is 3.93. The van der Waals surface area contributed by atoms with Gasteiger partial charge in [0.1, 0.15) is 12.1 Å². The van der Waals surface area contributed by atoms with E-state index < -0.39 is 10.0 Å². The van der Waals surface area contributed by atoms with Gasteiger partial charge in [0.25, 0.3) is 0 Å². The first-order chi connectivity index (χ1) is 13.5. The molecule has 1 aromatic carbocycles. The molecule has 2 aliphatic heterocycles. The molecule has 0 spiro atoms. The van der Waals surface area contributed by atoms with E-state index in [-0.39, 0.29) is 10.9 Å². The molecule has 1 N–H and O–H groups in total. The standard InChI is InChI=1S/C19H24N4O4S/c1-14-11-19(21-13-20-14)22-15-5-7-23(8-6-15)28(24,25)16-3-4-17-18(12-16)27-10-2-9-26-17/h3-4,11-13,15H,2,5-10H2,1H3,(H,20,21,22). The van der Waals surface area contributed by atoms with Gasteiger partial charge in [0.2, 0.25) is 10.0 Å². The average Bonchev–Trinajstić information content (AvgIpc) is 2.93. The average molecular weight is 404 g/mol. The van der Waals surface area contributed by atoms with Crippen molar-refractivity contribution in [2.24, 2.45) is 0 Å². The van der Waals surface area contributed by atoms with Gasteiger partial charge in [-0.25, -0.2) is 18.4 Å². The van der Waals surface area contributed by atoms with Gasteiger partial charge in [0, 0.05) is 43.4 Å². The van der Waals surface area contributed by atoms with Gasteiger partial charge >= 0.3 is 0 Å². The number of fused-ring (bicyclic) bond motifs is 1. The van der Waals surface area contributed by atoms with E-state index in [1.807, 2.05) is 13.0 Å². The van der Waals surface area contributed by atoms with Gasteiger partial charge in [-0.2, -0.15) is 4.31 Å². The van der Waals surface area contributed by atoms with Gasteiger partial charge in [0.05, 0.1) is 18.1 Å². The number of nitrogens with zero attached hydrogens (tertiary/aromatic N) is 3. The lowest BCUT2D eigenvalue weighted by Crippen LogP contribution is -2.42.